The van der Waals surface area contributed by atoms with Gasteiger partial charge in [0.05, 0.1) is 13.2 Å². The van der Waals surface area contributed by atoms with Crippen molar-refractivity contribution in [2.75, 3.05) is 39.5 Å². The summed E-state index contributed by atoms with van der Waals surface area (Å²) >= 11 is 0. The van der Waals surface area contributed by atoms with Crippen LogP contribution in [0.1, 0.15) is 33.1 Å². The predicted octanol–water partition coefficient (Wildman–Crippen LogP) is 0.527. The molecule has 0 saturated carbocycles. The normalized spacial score (nSPS) is 20.3. The third-order valence-electron chi connectivity index (χ3n) is 3.89. The third-order valence-corrected chi connectivity index (χ3v) is 3.89. The fourth-order valence-corrected chi connectivity index (χ4v) is 2.42. The number of carbonyl (C=O) groups is 1. The molecule has 1 saturated heterocycles. The van der Waals surface area contributed by atoms with Gasteiger partial charge in [-0.3, -0.25) is 4.79 Å². The Balaban J connectivity index is 2.22. The minimum absolute atomic E-state index is 0.0497. The zero-order valence-electron chi connectivity index (χ0n) is 12.2. The maximum absolute atomic E-state index is 12.2. The lowest BCUT2D eigenvalue weighted by molar-refractivity contribution is -0.132. The molecular weight excluding hydrogens is 244 g/mol. The molecule has 0 aromatic carbocycles. The second-order valence-electron chi connectivity index (χ2n) is 5.71. The van der Waals surface area contributed by atoms with Gasteiger partial charge in [0.25, 0.3) is 0 Å². The van der Waals surface area contributed by atoms with E-state index in [1.54, 1.807) is 0 Å². The van der Waals surface area contributed by atoms with Gasteiger partial charge in [-0.2, -0.15) is 0 Å². The molecule has 0 aliphatic carbocycles. The van der Waals surface area contributed by atoms with Gasteiger partial charge in [-0.05, 0) is 38.3 Å². The maximum Gasteiger partial charge on any atom is 0.225 e. The van der Waals surface area contributed by atoms with E-state index in [-0.39, 0.29) is 17.9 Å². The number of nitrogens with one attached hydrogen (secondary N) is 2. The van der Waals surface area contributed by atoms with Crippen molar-refractivity contribution in [1.29, 1.82) is 0 Å². The van der Waals surface area contributed by atoms with Gasteiger partial charge >= 0.3 is 0 Å². The first-order valence-corrected chi connectivity index (χ1v) is 7.26. The number of carbonyl (C=O) groups excluding carboxylic acids is 1. The highest BCUT2D eigenvalue weighted by Gasteiger charge is 2.36. The van der Waals surface area contributed by atoms with Crippen LogP contribution in [0.4, 0.5) is 0 Å². The average molecular weight is 272 g/mol. The molecule has 3 N–H and O–H groups in total. The van der Waals surface area contributed by atoms with Crippen molar-refractivity contribution in [3.8, 4) is 0 Å². The zero-order chi connectivity index (χ0) is 14.1. The fraction of sp³-hybridized carbons (Fsp3) is 0.929. The van der Waals surface area contributed by atoms with Gasteiger partial charge in [-0.1, -0.05) is 13.8 Å². The van der Waals surface area contributed by atoms with Crippen LogP contribution in [0, 0.1) is 11.3 Å². The Morgan fingerprint density at radius 2 is 2.26 bits per heavy atom. The summed E-state index contributed by atoms with van der Waals surface area (Å²) in [7, 11) is 0. The van der Waals surface area contributed by atoms with Crippen LogP contribution in [0.3, 0.4) is 0 Å². The van der Waals surface area contributed by atoms with Crippen LogP contribution in [0.15, 0.2) is 0 Å². The number of hydrogen-bond donors (Lipinski definition) is 3. The molecule has 5 heteroatoms. The Bertz CT molecular complexity index is 263. The van der Waals surface area contributed by atoms with Crippen LogP contribution < -0.4 is 10.6 Å². The summed E-state index contributed by atoms with van der Waals surface area (Å²) in [6, 6.07) is 0. The van der Waals surface area contributed by atoms with Gasteiger partial charge in [-0.15, -0.1) is 0 Å². The number of ether oxygens (including phenoxy) is 1. The molecule has 1 atom stereocenters. The molecule has 0 spiro atoms. The monoisotopic (exact) mass is 272 g/mol. The Hall–Kier alpha value is -0.650. The molecule has 1 aliphatic rings. The van der Waals surface area contributed by atoms with E-state index in [4.69, 9.17) is 9.84 Å². The van der Waals surface area contributed by atoms with Crippen LogP contribution in [0.25, 0.3) is 0 Å². The first-order chi connectivity index (χ1) is 9.09. The summed E-state index contributed by atoms with van der Waals surface area (Å²) in [5.41, 5.74) is -0.320. The van der Waals surface area contributed by atoms with Crippen molar-refractivity contribution >= 4 is 5.91 Å². The number of amides is 1. The molecule has 1 aliphatic heterocycles. The third kappa shape index (κ3) is 5.47. The molecule has 1 heterocycles. The van der Waals surface area contributed by atoms with Crippen molar-refractivity contribution in [3.63, 3.8) is 0 Å². The van der Waals surface area contributed by atoms with E-state index in [1.165, 1.54) is 0 Å². The van der Waals surface area contributed by atoms with E-state index in [1.807, 2.05) is 13.8 Å². The second kappa shape index (κ2) is 8.51. The molecule has 112 valence electrons. The predicted molar refractivity (Wildman–Crippen MR) is 74.9 cm³/mol. The zero-order valence-corrected chi connectivity index (χ0v) is 12.2. The van der Waals surface area contributed by atoms with Gasteiger partial charge in [0.1, 0.15) is 0 Å². The molecule has 5 nitrogen and oxygen atoms in total. The lowest BCUT2D eigenvalue weighted by Gasteiger charge is -2.36. The molecule has 0 bridgehead atoms. The maximum atomic E-state index is 12.2. The van der Waals surface area contributed by atoms with Gasteiger partial charge in [0.2, 0.25) is 5.91 Å². The minimum Gasteiger partial charge on any atom is -0.394 e. The number of piperidine rings is 1. The van der Waals surface area contributed by atoms with Crippen molar-refractivity contribution in [3.05, 3.63) is 0 Å². The van der Waals surface area contributed by atoms with Crippen LogP contribution in [-0.2, 0) is 9.53 Å². The topological polar surface area (TPSA) is 70.6 Å². The number of aliphatic hydroxyl groups excluding tert-OH is 1. The summed E-state index contributed by atoms with van der Waals surface area (Å²) in [4.78, 5) is 12.2. The molecule has 1 amide bonds. The van der Waals surface area contributed by atoms with Crippen molar-refractivity contribution < 1.29 is 14.6 Å². The summed E-state index contributed by atoms with van der Waals surface area (Å²) in [6.07, 6.45) is 3.05. The Labute approximate surface area is 116 Å². The van der Waals surface area contributed by atoms with E-state index in [0.29, 0.717) is 25.7 Å². The summed E-state index contributed by atoms with van der Waals surface area (Å²) in [6.45, 7) is 7.68. The van der Waals surface area contributed by atoms with Crippen LogP contribution in [-0.4, -0.2) is 50.5 Å². The average Bonchev–Trinajstić information content (AvgIpc) is 2.43. The summed E-state index contributed by atoms with van der Waals surface area (Å²) in [5, 5.41) is 14.9. The molecular formula is C14H28N2O3. The van der Waals surface area contributed by atoms with Crippen LogP contribution >= 0.6 is 0 Å². The smallest absolute Gasteiger partial charge is 0.225 e. The molecule has 19 heavy (non-hydrogen) atoms. The fourth-order valence-electron chi connectivity index (χ4n) is 2.42. The van der Waals surface area contributed by atoms with Gasteiger partial charge < -0.3 is 20.5 Å². The highest BCUT2D eigenvalue weighted by atomic mass is 16.5. The number of hydrogen-bond acceptors (Lipinski definition) is 4. The summed E-state index contributed by atoms with van der Waals surface area (Å²) < 4.78 is 5.16. The molecule has 1 unspecified atom stereocenters. The highest BCUT2D eigenvalue weighted by Crippen LogP contribution is 2.31. The molecule has 0 radical (unpaired) electrons. The van der Waals surface area contributed by atoms with Crippen molar-refractivity contribution in [2.24, 2.45) is 11.3 Å². The molecule has 1 rings (SSSR count). The van der Waals surface area contributed by atoms with E-state index in [9.17, 15) is 4.79 Å². The Morgan fingerprint density at radius 1 is 1.47 bits per heavy atom. The Kier molecular flexibility index (Phi) is 7.34. The van der Waals surface area contributed by atoms with E-state index >= 15 is 0 Å². The quantitative estimate of drug-likeness (QED) is 0.564. The standard InChI is InChI=1S/C14H28N2O3/c1-14(2,12-5-3-6-15-11-12)13(18)16-7-4-9-19-10-8-17/h12,15,17H,3-11H2,1-2H3,(H,16,18). The van der Waals surface area contributed by atoms with E-state index in [0.717, 1.165) is 32.4 Å². The largest absolute Gasteiger partial charge is 0.394 e. The van der Waals surface area contributed by atoms with Crippen LogP contribution in [0.5, 0.6) is 0 Å². The molecule has 0 aromatic heterocycles. The number of rotatable bonds is 8. The van der Waals surface area contributed by atoms with Crippen LogP contribution in [0.2, 0.25) is 0 Å². The Morgan fingerprint density at radius 3 is 2.89 bits per heavy atom. The minimum atomic E-state index is -0.320. The second-order valence-corrected chi connectivity index (χ2v) is 5.71. The summed E-state index contributed by atoms with van der Waals surface area (Å²) in [5.74, 6) is 0.537. The number of aliphatic hydroxyl groups is 1. The highest BCUT2D eigenvalue weighted by molar-refractivity contribution is 5.82. The lowest BCUT2D eigenvalue weighted by atomic mass is 9.74. The van der Waals surface area contributed by atoms with Gasteiger partial charge in [-0.25, -0.2) is 0 Å². The van der Waals surface area contributed by atoms with Crippen molar-refractivity contribution in [2.45, 2.75) is 33.1 Å². The first kappa shape index (κ1) is 16.4. The SMILES string of the molecule is CC(C)(C(=O)NCCCOCCO)C1CCCNC1. The molecule has 1 fully saturated rings. The first-order valence-electron chi connectivity index (χ1n) is 7.26. The van der Waals surface area contributed by atoms with E-state index in [2.05, 4.69) is 10.6 Å². The molecule has 0 aromatic rings. The van der Waals surface area contributed by atoms with Gasteiger partial charge in [0, 0.05) is 18.6 Å². The lowest BCUT2D eigenvalue weighted by Crippen LogP contribution is -2.47. The van der Waals surface area contributed by atoms with E-state index < -0.39 is 0 Å². The van der Waals surface area contributed by atoms with Gasteiger partial charge in [0.15, 0.2) is 0 Å². The van der Waals surface area contributed by atoms with Crippen molar-refractivity contribution in [1.82, 2.24) is 10.6 Å².